The second kappa shape index (κ2) is 7.20. The molecule has 3 rings (SSSR count). The average molecular weight is 346 g/mol. The minimum absolute atomic E-state index is 0.104. The Labute approximate surface area is 150 Å². The van der Waals surface area contributed by atoms with Crippen LogP contribution in [-0.4, -0.2) is 64.9 Å². The Balaban J connectivity index is 1.76. The number of nitrogens with one attached hydrogen (secondary N) is 1. The molecule has 1 unspecified atom stereocenters. The lowest BCUT2D eigenvalue weighted by Crippen LogP contribution is -2.57. The van der Waals surface area contributed by atoms with Gasteiger partial charge in [0, 0.05) is 49.7 Å². The van der Waals surface area contributed by atoms with Crippen LogP contribution in [0.1, 0.15) is 54.5 Å². The van der Waals surface area contributed by atoms with Gasteiger partial charge in [-0.15, -0.1) is 0 Å². The molecule has 1 atom stereocenters. The van der Waals surface area contributed by atoms with Crippen molar-refractivity contribution >= 4 is 11.8 Å². The van der Waals surface area contributed by atoms with E-state index in [0.29, 0.717) is 19.1 Å². The Morgan fingerprint density at radius 3 is 2.68 bits per heavy atom. The first-order valence-electron chi connectivity index (χ1n) is 9.38. The normalized spacial score (nSPS) is 22.0. The SMILES string of the molecule is Cc1cc(C(=O)N2CCCC(N3CCNCC3=O)C2)c(C)n1C(C)C. The highest BCUT2D eigenvalue weighted by Gasteiger charge is 2.32. The van der Waals surface area contributed by atoms with Crippen LogP contribution in [0.4, 0.5) is 0 Å². The molecule has 6 nitrogen and oxygen atoms in total. The van der Waals surface area contributed by atoms with Crippen molar-refractivity contribution in [3.8, 4) is 0 Å². The number of aryl methyl sites for hydroxylation is 1. The van der Waals surface area contributed by atoms with Crippen molar-refractivity contribution in [2.45, 2.75) is 52.6 Å². The largest absolute Gasteiger partial charge is 0.346 e. The van der Waals surface area contributed by atoms with Gasteiger partial charge in [-0.3, -0.25) is 9.59 Å². The molecule has 0 spiro atoms. The summed E-state index contributed by atoms with van der Waals surface area (Å²) in [4.78, 5) is 29.2. The van der Waals surface area contributed by atoms with Gasteiger partial charge in [0.1, 0.15) is 0 Å². The maximum Gasteiger partial charge on any atom is 0.255 e. The first-order valence-corrected chi connectivity index (χ1v) is 9.38. The van der Waals surface area contributed by atoms with Crippen LogP contribution in [-0.2, 0) is 4.79 Å². The molecular formula is C19H30N4O2. The molecule has 1 aromatic heterocycles. The van der Waals surface area contributed by atoms with E-state index in [2.05, 4.69) is 30.7 Å². The number of amides is 2. The van der Waals surface area contributed by atoms with Crippen LogP contribution < -0.4 is 5.32 Å². The number of nitrogens with zero attached hydrogens (tertiary/aromatic N) is 3. The number of carbonyl (C=O) groups is 2. The Hall–Kier alpha value is -1.82. The first-order chi connectivity index (χ1) is 11.9. The van der Waals surface area contributed by atoms with E-state index in [9.17, 15) is 9.59 Å². The van der Waals surface area contributed by atoms with Crippen molar-refractivity contribution in [2.75, 3.05) is 32.7 Å². The van der Waals surface area contributed by atoms with Gasteiger partial charge in [0.2, 0.25) is 5.91 Å². The summed E-state index contributed by atoms with van der Waals surface area (Å²) >= 11 is 0. The fourth-order valence-corrected chi connectivity index (χ4v) is 4.36. The highest BCUT2D eigenvalue weighted by Crippen LogP contribution is 2.24. The van der Waals surface area contributed by atoms with Crippen LogP contribution >= 0.6 is 0 Å². The summed E-state index contributed by atoms with van der Waals surface area (Å²) in [6.07, 6.45) is 1.94. The van der Waals surface area contributed by atoms with Gasteiger partial charge in [0.05, 0.1) is 12.1 Å². The third kappa shape index (κ3) is 3.45. The average Bonchev–Trinajstić information content (AvgIpc) is 2.89. The van der Waals surface area contributed by atoms with Crippen molar-refractivity contribution in [3.05, 3.63) is 23.0 Å². The Morgan fingerprint density at radius 2 is 2.04 bits per heavy atom. The van der Waals surface area contributed by atoms with E-state index < -0.39 is 0 Å². The molecule has 138 valence electrons. The lowest BCUT2D eigenvalue weighted by Gasteiger charge is -2.41. The van der Waals surface area contributed by atoms with Gasteiger partial charge in [0.15, 0.2) is 0 Å². The molecule has 1 N–H and O–H groups in total. The predicted octanol–water partition coefficient (Wildman–Crippen LogP) is 1.72. The zero-order chi connectivity index (χ0) is 18.1. The molecule has 2 fully saturated rings. The minimum Gasteiger partial charge on any atom is -0.346 e. The summed E-state index contributed by atoms with van der Waals surface area (Å²) in [6, 6.07) is 2.51. The molecule has 3 heterocycles. The van der Waals surface area contributed by atoms with Crippen molar-refractivity contribution in [1.82, 2.24) is 19.7 Å². The zero-order valence-corrected chi connectivity index (χ0v) is 15.8. The van der Waals surface area contributed by atoms with Crippen LogP contribution in [0.3, 0.4) is 0 Å². The number of piperazine rings is 1. The molecule has 0 bridgehead atoms. The Bertz CT molecular complexity index is 665. The van der Waals surface area contributed by atoms with Crippen molar-refractivity contribution in [2.24, 2.45) is 0 Å². The third-order valence-corrected chi connectivity index (χ3v) is 5.48. The number of hydrogen-bond acceptors (Lipinski definition) is 3. The molecule has 2 saturated heterocycles. The summed E-state index contributed by atoms with van der Waals surface area (Å²) in [6.45, 7) is 11.8. The van der Waals surface area contributed by atoms with Crippen LogP contribution in [0.2, 0.25) is 0 Å². The molecule has 25 heavy (non-hydrogen) atoms. The van der Waals surface area contributed by atoms with Gasteiger partial charge in [-0.05, 0) is 46.6 Å². The lowest BCUT2D eigenvalue weighted by atomic mass is 10.0. The van der Waals surface area contributed by atoms with Gasteiger partial charge in [0.25, 0.3) is 5.91 Å². The van der Waals surface area contributed by atoms with E-state index in [1.165, 1.54) is 0 Å². The van der Waals surface area contributed by atoms with Crippen molar-refractivity contribution < 1.29 is 9.59 Å². The van der Waals surface area contributed by atoms with Crippen molar-refractivity contribution in [1.29, 1.82) is 0 Å². The van der Waals surface area contributed by atoms with Crippen molar-refractivity contribution in [3.63, 3.8) is 0 Å². The second-order valence-electron chi connectivity index (χ2n) is 7.56. The number of carbonyl (C=O) groups excluding carboxylic acids is 2. The van der Waals surface area contributed by atoms with Crippen LogP contribution in [0.15, 0.2) is 6.07 Å². The summed E-state index contributed by atoms with van der Waals surface area (Å²) in [5.74, 6) is 0.260. The lowest BCUT2D eigenvalue weighted by molar-refractivity contribution is -0.135. The molecule has 0 aromatic carbocycles. The molecule has 2 amide bonds. The number of aromatic nitrogens is 1. The minimum atomic E-state index is 0.104. The number of piperidine rings is 1. The maximum atomic E-state index is 13.1. The van der Waals surface area contributed by atoms with E-state index in [0.717, 1.165) is 49.4 Å². The quantitative estimate of drug-likeness (QED) is 0.907. The number of rotatable bonds is 3. The number of likely N-dealkylation sites (tertiary alicyclic amines) is 1. The number of hydrogen-bond donors (Lipinski definition) is 1. The van der Waals surface area contributed by atoms with Gasteiger partial charge >= 0.3 is 0 Å². The fraction of sp³-hybridized carbons (Fsp3) is 0.684. The van der Waals surface area contributed by atoms with E-state index >= 15 is 0 Å². The molecule has 0 radical (unpaired) electrons. The predicted molar refractivity (Wildman–Crippen MR) is 97.8 cm³/mol. The molecule has 6 heteroatoms. The second-order valence-corrected chi connectivity index (χ2v) is 7.56. The summed E-state index contributed by atoms with van der Waals surface area (Å²) < 4.78 is 2.22. The van der Waals surface area contributed by atoms with Gasteiger partial charge in [-0.1, -0.05) is 0 Å². The molecule has 0 saturated carbocycles. The van der Waals surface area contributed by atoms with Gasteiger partial charge in [-0.25, -0.2) is 0 Å². The van der Waals surface area contributed by atoms with E-state index in [-0.39, 0.29) is 17.9 Å². The topological polar surface area (TPSA) is 57.6 Å². The van der Waals surface area contributed by atoms with Crippen LogP contribution in [0, 0.1) is 13.8 Å². The van der Waals surface area contributed by atoms with Crippen LogP contribution in [0.25, 0.3) is 0 Å². The maximum absolute atomic E-state index is 13.1. The Morgan fingerprint density at radius 1 is 1.28 bits per heavy atom. The molecule has 1 aromatic rings. The monoisotopic (exact) mass is 346 g/mol. The van der Waals surface area contributed by atoms with E-state index in [1.807, 2.05) is 22.8 Å². The molecule has 2 aliphatic rings. The first kappa shape index (κ1) is 18.0. The highest BCUT2D eigenvalue weighted by atomic mass is 16.2. The summed E-state index contributed by atoms with van der Waals surface area (Å²) in [5.41, 5.74) is 2.97. The smallest absolute Gasteiger partial charge is 0.255 e. The van der Waals surface area contributed by atoms with E-state index in [4.69, 9.17) is 0 Å². The standard InChI is InChI=1S/C19H30N4O2/c1-13(2)23-14(3)10-17(15(23)4)19(25)21-8-5-6-16(12-21)22-9-7-20-11-18(22)24/h10,13,16,20H,5-9,11-12H2,1-4H3. The fourth-order valence-electron chi connectivity index (χ4n) is 4.36. The Kier molecular flexibility index (Phi) is 5.18. The molecular weight excluding hydrogens is 316 g/mol. The highest BCUT2D eigenvalue weighted by molar-refractivity contribution is 5.96. The third-order valence-electron chi connectivity index (χ3n) is 5.48. The van der Waals surface area contributed by atoms with Gasteiger partial charge in [-0.2, -0.15) is 0 Å². The summed E-state index contributed by atoms with van der Waals surface area (Å²) in [5, 5.41) is 3.12. The van der Waals surface area contributed by atoms with Gasteiger partial charge < -0.3 is 19.7 Å². The zero-order valence-electron chi connectivity index (χ0n) is 15.8. The van der Waals surface area contributed by atoms with Crippen LogP contribution in [0.5, 0.6) is 0 Å². The molecule has 0 aliphatic carbocycles. The molecule has 2 aliphatic heterocycles. The van der Waals surface area contributed by atoms with E-state index in [1.54, 1.807) is 0 Å². The summed E-state index contributed by atoms with van der Waals surface area (Å²) in [7, 11) is 0.